The van der Waals surface area contributed by atoms with Crippen LogP contribution >= 0.6 is 0 Å². The molecular formula is C21H32O11. The molecule has 12 atom stereocenters. The van der Waals surface area contributed by atoms with Crippen LogP contribution in [0, 0.1) is 23.7 Å². The number of esters is 1. The normalized spacial score (nSPS) is 52.7. The summed E-state index contributed by atoms with van der Waals surface area (Å²) in [5.41, 5.74) is -1.21. The molecule has 182 valence electrons. The van der Waals surface area contributed by atoms with Crippen LogP contribution in [-0.2, 0) is 33.3 Å². The molecule has 4 aliphatic rings. The molecule has 11 heteroatoms. The van der Waals surface area contributed by atoms with Gasteiger partial charge in [-0.25, -0.2) is 4.79 Å². The molecule has 4 rings (SSSR count). The molecule has 1 saturated carbocycles. The zero-order chi connectivity index (χ0) is 25.9. The number of aliphatic hydroxyl groups is 3. The van der Waals surface area contributed by atoms with E-state index in [0.717, 1.165) is 0 Å². The SMILES string of the molecule is [2H]C([2H])([2H])[C@H]1C(O[C@@H]2O[C@H](C(=O)O)[C@@H](O)[C@H](O)[C@H]2O)O[C@H](OC(C)=O)[C@@]23OCC[C@H]2[C@H](C)CC[C@@H]13. The lowest BCUT2D eigenvalue weighted by Crippen LogP contribution is -2.67. The molecule has 0 aromatic heterocycles. The monoisotopic (exact) mass is 463 g/mol. The van der Waals surface area contributed by atoms with Gasteiger partial charge in [0.05, 0.1) is 0 Å². The Balaban J connectivity index is 1.70. The largest absolute Gasteiger partial charge is 0.479 e. The molecule has 0 radical (unpaired) electrons. The van der Waals surface area contributed by atoms with Crippen molar-refractivity contribution in [2.24, 2.45) is 23.7 Å². The van der Waals surface area contributed by atoms with E-state index < -0.39 is 79.5 Å². The Bertz CT molecular complexity index is 825. The van der Waals surface area contributed by atoms with Crippen LogP contribution in [-0.4, -0.2) is 87.9 Å². The number of aliphatic carboxylic acids is 1. The molecule has 3 saturated heterocycles. The smallest absolute Gasteiger partial charge is 0.335 e. The van der Waals surface area contributed by atoms with Gasteiger partial charge in [0.15, 0.2) is 18.7 Å². The molecule has 1 spiro atoms. The van der Waals surface area contributed by atoms with E-state index in [1.54, 1.807) is 0 Å². The van der Waals surface area contributed by atoms with E-state index in [9.17, 15) is 30.0 Å². The van der Waals surface area contributed by atoms with Gasteiger partial charge in [0, 0.05) is 29.5 Å². The summed E-state index contributed by atoms with van der Waals surface area (Å²) in [6.07, 6.45) is -10.8. The van der Waals surface area contributed by atoms with Crippen molar-refractivity contribution in [3.05, 3.63) is 0 Å². The van der Waals surface area contributed by atoms with Crippen molar-refractivity contribution in [2.75, 3.05) is 6.61 Å². The maximum absolute atomic E-state index is 12.0. The Labute approximate surface area is 189 Å². The van der Waals surface area contributed by atoms with Crippen LogP contribution in [0.3, 0.4) is 0 Å². The van der Waals surface area contributed by atoms with Gasteiger partial charge >= 0.3 is 11.9 Å². The Hall–Kier alpha value is -1.34. The molecule has 0 bridgehead atoms. The minimum absolute atomic E-state index is 0.138. The molecule has 0 aromatic rings. The van der Waals surface area contributed by atoms with E-state index in [4.69, 9.17) is 27.8 Å². The molecule has 4 N–H and O–H groups in total. The number of rotatable bonds is 4. The van der Waals surface area contributed by atoms with Crippen LogP contribution in [0.5, 0.6) is 0 Å². The molecule has 32 heavy (non-hydrogen) atoms. The number of ether oxygens (including phenoxy) is 5. The van der Waals surface area contributed by atoms with Crippen molar-refractivity contribution in [1.82, 2.24) is 0 Å². The third-order valence-electron chi connectivity index (χ3n) is 7.27. The second kappa shape index (κ2) is 8.79. The van der Waals surface area contributed by atoms with Crippen LogP contribution in [0.25, 0.3) is 0 Å². The van der Waals surface area contributed by atoms with Crippen LogP contribution in [0.2, 0.25) is 0 Å². The number of hydrogen-bond acceptors (Lipinski definition) is 10. The van der Waals surface area contributed by atoms with Gasteiger partial charge in [0.2, 0.25) is 6.29 Å². The first-order valence-electron chi connectivity index (χ1n) is 12.3. The molecule has 0 amide bonds. The first-order chi connectivity index (χ1) is 16.3. The lowest BCUT2D eigenvalue weighted by Gasteiger charge is -2.57. The quantitative estimate of drug-likeness (QED) is 0.401. The van der Waals surface area contributed by atoms with E-state index in [1.165, 1.54) is 6.92 Å². The van der Waals surface area contributed by atoms with Gasteiger partial charge in [0.25, 0.3) is 0 Å². The van der Waals surface area contributed by atoms with Gasteiger partial charge in [-0.1, -0.05) is 13.8 Å². The average Bonchev–Trinajstić information content (AvgIpc) is 3.20. The van der Waals surface area contributed by atoms with E-state index in [-0.39, 0.29) is 11.8 Å². The molecule has 1 aliphatic carbocycles. The Morgan fingerprint density at radius 3 is 2.44 bits per heavy atom. The van der Waals surface area contributed by atoms with E-state index >= 15 is 0 Å². The van der Waals surface area contributed by atoms with Crippen molar-refractivity contribution < 1.29 is 57.8 Å². The zero-order valence-corrected chi connectivity index (χ0v) is 17.8. The highest BCUT2D eigenvalue weighted by Gasteiger charge is 2.66. The molecule has 3 heterocycles. The van der Waals surface area contributed by atoms with Gasteiger partial charge in [0.1, 0.15) is 23.9 Å². The van der Waals surface area contributed by atoms with E-state index in [0.29, 0.717) is 25.9 Å². The second-order valence-electron chi connectivity index (χ2n) is 9.10. The zero-order valence-electron chi connectivity index (χ0n) is 20.8. The fraction of sp³-hybridized carbons (Fsp3) is 0.905. The molecule has 1 unspecified atom stereocenters. The van der Waals surface area contributed by atoms with Crippen molar-refractivity contribution in [2.45, 2.75) is 88.8 Å². The highest BCUT2D eigenvalue weighted by Crippen LogP contribution is 2.57. The summed E-state index contributed by atoms with van der Waals surface area (Å²) in [5.74, 6) is -4.28. The fourth-order valence-electron chi connectivity index (χ4n) is 5.74. The van der Waals surface area contributed by atoms with Gasteiger partial charge in [-0.05, 0) is 31.1 Å². The Morgan fingerprint density at radius 2 is 1.78 bits per heavy atom. The lowest BCUT2D eigenvalue weighted by molar-refractivity contribution is -0.404. The lowest BCUT2D eigenvalue weighted by atomic mass is 9.59. The summed E-state index contributed by atoms with van der Waals surface area (Å²) in [7, 11) is 0. The van der Waals surface area contributed by atoms with Gasteiger partial charge in [-0.3, -0.25) is 4.79 Å². The predicted molar refractivity (Wildman–Crippen MR) is 104 cm³/mol. The third-order valence-corrected chi connectivity index (χ3v) is 7.27. The predicted octanol–water partition coefficient (Wildman–Crippen LogP) is -0.402. The van der Waals surface area contributed by atoms with Crippen molar-refractivity contribution in [1.29, 1.82) is 0 Å². The fourth-order valence-corrected chi connectivity index (χ4v) is 5.74. The maximum Gasteiger partial charge on any atom is 0.335 e. The highest BCUT2D eigenvalue weighted by atomic mass is 16.8. The number of aliphatic hydroxyl groups excluding tert-OH is 3. The number of carboxylic acid groups (broad SMARTS) is 1. The van der Waals surface area contributed by atoms with Gasteiger partial charge in [-0.2, -0.15) is 0 Å². The molecule has 0 aromatic carbocycles. The number of carbonyl (C=O) groups excluding carboxylic acids is 1. The summed E-state index contributed by atoms with van der Waals surface area (Å²) in [4.78, 5) is 23.4. The molecule has 3 aliphatic heterocycles. The number of hydrogen-bond donors (Lipinski definition) is 4. The highest BCUT2D eigenvalue weighted by molar-refractivity contribution is 5.73. The second-order valence-corrected chi connectivity index (χ2v) is 9.10. The topological polar surface area (TPSA) is 161 Å². The van der Waals surface area contributed by atoms with E-state index in [1.807, 2.05) is 6.92 Å². The molecule has 4 fully saturated rings. The summed E-state index contributed by atoms with van der Waals surface area (Å²) in [5, 5.41) is 39.8. The Kier molecular flexibility index (Phi) is 5.51. The van der Waals surface area contributed by atoms with Crippen molar-refractivity contribution >= 4 is 11.9 Å². The third kappa shape index (κ3) is 3.73. The summed E-state index contributed by atoms with van der Waals surface area (Å²) >= 11 is 0. The van der Waals surface area contributed by atoms with Gasteiger partial charge < -0.3 is 44.1 Å². The van der Waals surface area contributed by atoms with Crippen LogP contribution in [0.15, 0.2) is 0 Å². The summed E-state index contributed by atoms with van der Waals surface area (Å²) in [6.45, 7) is 0.894. The number of carbonyl (C=O) groups is 2. The molecular weight excluding hydrogens is 428 g/mol. The average molecular weight is 463 g/mol. The molecule has 11 nitrogen and oxygen atoms in total. The first-order valence-corrected chi connectivity index (χ1v) is 10.8. The minimum Gasteiger partial charge on any atom is -0.479 e. The summed E-state index contributed by atoms with van der Waals surface area (Å²) < 4.78 is 53.2. The first kappa shape index (κ1) is 20.1. The summed E-state index contributed by atoms with van der Waals surface area (Å²) in [6, 6.07) is 0. The Morgan fingerprint density at radius 1 is 1.03 bits per heavy atom. The van der Waals surface area contributed by atoms with Crippen LogP contribution in [0.1, 0.15) is 44.1 Å². The maximum atomic E-state index is 12.0. The number of carboxylic acids is 1. The van der Waals surface area contributed by atoms with Gasteiger partial charge in [-0.15, -0.1) is 0 Å². The van der Waals surface area contributed by atoms with Crippen LogP contribution in [0.4, 0.5) is 0 Å². The van der Waals surface area contributed by atoms with Crippen LogP contribution < -0.4 is 0 Å². The van der Waals surface area contributed by atoms with Crippen molar-refractivity contribution in [3.8, 4) is 0 Å². The van der Waals surface area contributed by atoms with E-state index in [2.05, 4.69) is 0 Å². The van der Waals surface area contributed by atoms with Crippen molar-refractivity contribution in [3.63, 3.8) is 0 Å². The standard InChI is InChI=1S/C21H32O11/c1-8-4-5-12-9(2)18(31-19-15(25)13(23)14(24)16(30-19)17(26)27)32-20(29-10(3)22)21(12)11(8)6-7-28-21/h8-9,11-16,18-20,23-25H,4-7H2,1-3H3,(H,26,27)/t8-,9-,11+,12+,13+,14+,15-,16+,18?,19+,20+,21-/m1/s1/i2D3. The minimum atomic E-state index is -2.65.